The molecule has 0 heteroatoms. The van der Waals surface area contributed by atoms with E-state index in [0.717, 1.165) is 12.0 Å². The zero-order chi connectivity index (χ0) is 24.7. The van der Waals surface area contributed by atoms with E-state index in [1.807, 2.05) is 6.08 Å². The second-order valence-electron chi connectivity index (χ2n) is 9.45. The molecule has 0 unspecified atom stereocenters. The lowest BCUT2D eigenvalue weighted by molar-refractivity contribution is 0.398. The van der Waals surface area contributed by atoms with Crippen molar-refractivity contribution in [3.8, 4) is 0 Å². The summed E-state index contributed by atoms with van der Waals surface area (Å²) in [6.07, 6.45) is 4.23. The van der Waals surface area contributed by atoms with Crippen LogP contribution in [0.3, 0.4) is 0 Å². The van der Waals surface area contributed by atoms with Crippen molar-refractivity contribution in [3.05, 3.63) is 102 Å². The van der Waals surface area contributed by atoms with E-state index >= 15 is 0 Å². The molecule has 0 fully saturated rings. The fourth-order valence-corrected chi connectivity index (χ4v) is 2.87. The van der Waals surface area contributed by atoms with Crippen molar-refractivity contribution < 1.29 is 0 Å². The summed E-state index contributed by atoms with van der Waals surface area (Å²) in [7, 11) is 0. The lowest BCUT2D eigenvalue weighted by atomic mass is 9.94. The number of allylic oxidation sites excluding steroid dienone is 2. The van der Waals surface area contributed by atoms with Crippen molar-refractivity contribution in [1.82, 2.24) is 0 Å². The van der Waals surface area contributed by atoms with Crippen LogP contribution in [0.4, 0.5) is 0 Å². The molecule has 0 spiro atoms. The van der Waals surface area contributed by atoms with Gasteiger partial charge in [0.25, 0.3) is 0 Å². The van der Waals surface area contributed by atoms with E-state index in [9.17, 15) is 0 Å². The van der Waals surface area contributed by atoms with E-state index < -0.39 is 0 Å². The maximum atomic E-state index is 3.95. The number of benzene rings is 3. The number of hydrogen-bond acceptors (Lipinski definition) is 0. The van der Waals surface area contributed by atoms with Gasteiger partial charge in [0.2, 0.25) is 0 Å². The Morgan fingerprint density at radius 2 is 1.19 bits per heavy atom. The summed E-state index contributed by atoms with van der Waals surface area (Å²) in [6, 6.07) is 21.2. The lowest BCUT2D eigenvalue weighted by Crippen LogP contribution is -2.00. The molecule has 3 rings (SSSR count). The van der Waals surface area contributed by atoms with Crippen molar-refractivity contribution >= 4 is 16.3 Å². The summed E-state index contributed by atoms with van der Waals surface area (Å²) < 4.78 is 0. The summed E-state index contributed by atoms with van der Waals surface area (Å²) in [5, 5.41) is 2.68. The molecule has 0 aliphatic heterocycles. The third kappa shape index (κ3) is 11.7. The molecular formula is C32H46. The third-order valence-corrected chi connectivity index (χ3v) is 5.26. The highest BCUT2D eigenvalue weighted by Crippen LogP contribution is 2.20. The summed E-state index contributed by atoms with van der Waals surface area (Å²) in [5.74, 6) is 0. The number of rotatable bonds is 2. The fraction of sp³-hybridized carbons (Fsp3) is 0.375. The Bertz CT molecular complexity index is 926. The van der Waals surface area contributed by atoms with Gasteiger partial charge in [0.1, 0.15) is 0 Å². The molecule has 0 aliphatic carbocycles. The van der Waals surface area contributed by atoms with Gasteiger partial charge in [0, 0.05) is 0 Å². The van der Waals surface area contributed by atoms with Crippen LogP contribution in [0, 0.1) is 26.2 Å². The minimum atomic E-state index is 0.542. The Labute approximate surface area is 199 Å². The molecule has 0 aliphatic rings. The van der Waals surface area contributed by atoms with E-state index in [-0.39, 0.29) is 0 Å². The molecular weight excluding hydrogens is 384 g/mol. The first-order valence-electron chi connectivity index (χ1n) is 11.8. The maximum Gasteiger partial charge on any atom is -0.0155 e. The van der Waals surface area contributed by atoms with Gasteiger partial charge in [-0.15, -0.1) is 6.58 Å². The monoisotopic (exact) mass is 430 g/mol. The molecule has 0 saturated heterocycles. The summed E-state index contributed by atoms with van der Waals surface area (Å²) in [5.41, 5.74) is 6.99. The van der Waals surface area contributed by atoms with E-state index in [1.165, 1.54) is 39.4 Å². The second kappa shape index (κ2) is 15.2. The molecule has 0 heterocycles. The van der Waals surface area contributed by atoms with Gasteiger partial charge in [-0.2, -0.15) is 0 Å². The van der Waals surface area contributed by atoms with E-state index in [4.69, 9.17) is 0 Å². The van der Waals surface area contributed by atoms with Gasteiger partial charge in [-0.05, 0) is 72.6 Å². The van der Waals surface area contributed by atoms with Gasteiger partial charge in [0.15, 0.2) is 0 Å². The van der Waals surface area contributed by atoms with Gasteiger partial charge in [0.05, 0.1) is 0 Å². The number of aryl methyl sites for hydroxylation is 3. The lowest BCUT2D eigenvalue weighted by Gasteiger charge is -2.12. The SMILES string of the molecule is C=C(C)c1c(C)cccc1C.C=CCC.CCC(C)(C)C.Cc1cccc2ccccc12. The smallest absolute Gasteiger partial charge is 0.0155 e. The third-order valence-electron chi connectivity index (χ3n) is 5.26. The average Bonchev–Trinajstić information content (AvgIpc) is 2.74. The molecule has 174 valence electrons. The summed E-state index contributed by atoms with van der Waals surface area (Å²) >= 11 is 0. The minimum Gasteiger partial charge on any atom is -0.103 e. The Morgan fingerprint density at radius 3 is 1.56 bits per heavy atom. The molecule has 0 N–H and O–H groups in total. The molecule has 0 atom stereocenters. The maximum absolute atomic E-state index is 3.95. The standard InChI is InChI=1S/C11H10.C11H14.C6H14.C4H8/c1-9-5-4-7-10-6-2-3-8-11(9)10;1-8(2)11-9(3)6-5-7-10(11)4;1-5-6(2,3)4;1-3-4-2/h2-8H,1H3;5-7H,1H2,2-4H3;5H2,1-4H3;3H,1,4H2,2H3. The molecule has 0 aromatic heterocycles. The van der Waals surface area contributed by atoms with Crippen LogP contribution in [-0.4, -0.2) is 0 Å². The zero-order valence-electron chi connectivity index (χ0n) is 22.2. The summed E-state index contributed by atoms with van der Waals surface area (Å²) in [4.78, 5) is 0. The van der Waals surface area contributed by atoms with Crippen LogP contribution in [0.5, 0.6) is 0 Å². The van der Waals surface area contributed by atoms with Crippen LogP contribution in [0.2, 0.25) is 0 Å². The van der Waals surface area contributed by atoms with E-state index in [1.54, 1.807) is 0 Å². The predicted molar refractivity (Wildman–Crippen MR) is 150 cm³/mol. The zero-order valence-corrected chi connectivity index (χ0v) is 22.2. The van der Waals surface area contributed by atoms with Crippen LogP contribution in [-0.2, 0) is 0 Å². The van der Waals surface area contributed by atoms with Gasteiger partial charge >= 0.3 is 0 Å². The van der Waals surface area contributed by atoms with Crippen LogP contribution in [0.1, 0.15) is 76.6 Å². The minimum absolute atomic E-state index is 0.542. The van der Waals surface area contributed by atoms with Crippen LogP contribution < -0.4 is 0 Å². The average molecular weight is 431 g/mol. The molecule has 3 aromatic rings. The highest BCUT2D eigenvalue weighted by atomic mass is 14.1. The van der Waals surface area contributed by atoms with Crippen molar-refractivity contribution in [2.75, 3.05) is 0 Å². The molecule has 0 radical (unpaired) electrons. The van der Waals surface area contributed by atoms with Crippen molar-refractivity contribution in [3.63, 3.8) is 0 Å². The second-order valence-corrected chi connectivity index (χ2v) is 9.45. The summed E-state index contributed by atoms with van der Waals surface area (Å²) in [6.45, 7) is 26.9. The number of fused-ring (bicyclic) bond motifs is 1. The fourth-order valence-electron chi connectivity index (χ4n) is 2.87. The quantitative estimate of drug-likeness (QED) is 0.355. The molecule has 0 nitrogen and oxygen atoms in total. The van der Waals surface area contributed by atoms with E-state index in [2.05, 4.69) is 136 Å². The van der Waals surface area contributed by atoms with Crippen LogP contribution in [0.15, 0.2) is 79.9 Å². The molecule has 3 aromatic carbocycles. The van der Waals surface area contributed by atoms with Crippen LogP contribution >= 0.6 is 0 Å². The van der Waals surface area contributed by atoms with Crippen molar-refractivity contribution in [2.45, 2.75) is 75.2 Å². The van der Waals surface area contributed by atoms with Gasteiger partial charge in [-0.3, -0.25) is 0 Å². The Kier molecular flexibility index (Phi) is 14.0. The largest absolute Gasteiger partial charge is 0.103 e. The topological polar surface area (TPSA) is 0 Å². The highest BCUT2D eigenvalue weighted by molar-refractivity contribution is 5.85. The van der Waals surface area contributed by atoms with Gasteiger partial charge < -0.3 is 0 Å². The van der Waals surface area contributed by atoms with E-state index in [0.29, 0.717) is 5.41 Å². The Balaban J connectivity index is 0.000000432. The number of hydrogen-bond donors (Lipinski definition) is 0. The predicted octanol–water partition coefficient (Wildman–Crippen LogP) is 10.5. The van der Waals surface area contributed by atoms with Gasteiger partial charge in [-0.25, -0.2) is 0 Å². The van der Waals surface area contributed by atoms with Crippen molar-refractivity contribution in [1.29, 1.82) is 0 Å². The Hall–Kier alpha value is -2.60. The van der Waals surface area contributed by atoms with Crippen LogP contribution in [0.25, 0.3) is 16.3 Å². The van der Waals surface area contributed by atoms with Crippen molar-refractivity contribution in [2.24, 2.45) is 5.41 Å². The first kappa shape index (κ1) is 29.4. The molecule has 0 amide bonds. The molecule has 32 heavy (non-hydrogen) atoms. The first-order chi connectivity index (χ1) is 15.0. The van der Waals surface area contributed by atoms with Gasteiger partial charge in [-0.1, -0.05) is 120 Å². The first-order valence-corrected chi connectivity index (χ1v) is 11.8. The normalized spacial score (nSPS) is 9.91. The molecule has 0 saturated carbocycles. The Morgan fingerprint density at radius 1 is 0.781 bits per heavy atom. The molecule has 0 bridgehead atoms. The highest BCUT2D eigenvalue weighted by Gasteiger charge is 2.03.